The van der Waals surface area contributed by atoms with E-state index in [4.69, 9.17) is 4.98 Å². The normalized spacial score (nSPS) is 14.8. The van der Waals surface area contributed by atoms with Crippen molar-refractivity contribution in [2.24, 2.45) is 7.05 Å². The number of para-hydroxylation sites is 1. The van der Waals surface area contributed by atoms with E-state index in [9.17, 15) is 14.9 Å². The van der Waals surface area contributed by atoms with Crippen molar-refractivity contribution in [3.05, 3.63) is 113 Å². The van der Waals surface area contributed by atoms with Crippen molar-refractivity contribution in [2.75, 3.05) is 6.54 Å². The largest absolute Gasteiger partial charge is 0.326 e. The third kappa shape index (κ3) is 4.26. The zero-order valence-electron chi connectivity index (χ0n) is 23.0. The maximum Gasteiger partial charge on any atom is 0.271 e. The Kier molecular flexibility index (Phi) is 6.44. The van der Waals surface area contributed by atoms with E-state index in [-0.39, 0.29) is 12.1 Å². The highest BCUT2D eigenvalue weighted by atomic mass is 16.2. The maximum absolute atomic E-state index is 13.3. The second-order valence-corrected chi connectivity index (χ2v) is 9.91. The van der Waals surface area contributed by atoms with Crippen molar-refractivity contribution in [1.82, 2.24) is 19.0 Å². The van der Waals surface area contributed by atoms with Crippen molar-refractivity contribution < 1.29 is 9.59 Å². The second kappa shape index (κ2) is 10.2. The van der Waals surface area contributed by atoms with Gasteiger partial charge in [-0.2, -0.15) is 5.26 Å². The van der Waals surface area contributed by atoms with Crippen LogP contribution in [0.25, 0.3) is 45.4 Å². The van der Waals surface area contributed by atoms with Gasteiger partial charge in [-0.15, -0.1) is 0 Å². The molecular weight excluding hydrogens is 510 g/mol. The van der Waals surface area contributed by atoms with Gasteiger partial charge in [0.25, 0.3) is 11.8 Å². The number of aromatic nitrogens is 3. The van der Waals surface area contributed by atoms with Crippen LogP contribution in [0.2, 0.25) is 0 Å². The number of amides is 2. The lowest BCUT2D eigenvalue weighted by Crippen LogP contribution is -2.42. The number of nitriles is 1. The summed E-state index contributed by atoms with van der Waals surface area (Å²) in [6, 6.07) is 32.4. The molecule has 0 saturated heterocycles. The Morgan fingerprint density at radius 2 is 1.46 bits per heavy atom. The lowest BCUT2D eigenvalue weighted by Gasteiger charge is -2.26. The highest BCUT2D eigenvalue weighted by molar-refractivity contribution is 6.19. The van der Waals surface area contributed by atoms with Gasteiger partial charge in [0.05, 0.1) is 11.2 Å². The quantitative estimate of drug-likeness (QED) is 0.194. The SMILES string of the molecule is CCN1C(=O)C(C#N)=C(C)/C(=C/c2cc3c(nc(-c4ccc(-c5ccccc5)cc4)n3C)n2-c2ccccc2)C1=O. The Morgan fingerprint density at radius 3 is 2.10 bits per heavy atom. The molecule has 0 bridgehead atoms. The number of carbonyl (C=O) groups excluding carboxylic acids is 2. The minimum Gasteiger partial charge on any atom is -0.326 e. The summed E-state index contributed by atoms with van der Waals surface area (Å²) in [7, 11) is 1.98. The van der Waals surface area contributed by atoms with Crippen molar-refractivity contribution in [3.8, 4) is 34.3 Å². The van der Waals surface area contributed by atoms with E-state index < -0.39 is 11.8 Å². The first-order valence-corrected chi connectivity index (χ1v) is 13.4. The van der Waals surface area contributed by atoms with Crippen molar-refractivity contribution in [1.29, 1.82) is 5.26 Å². The lowest BCUT2D eigenvalue weighted by atomic mass is 9.94. The smallest absolute Gasteiger partial charge is 0.271 e. The molecule has 7 nitrogen and oxygen atoms in total. The summed E-state index contributed by atoms with van der Waals surface area (Å²) >= 11 is 0. The minimum absolute atomic E-state index is 0.0144. The molecule has 3 aromatic carbocycles. The van der Waals surface area contributed by atoms with Gasteiger partial charge in [0.1, 0.15) is 17.5 Å². The fourth-order valence-corrected chi connectivity index (χ4v) is 5.37. The molecule has 7 heteroatoms. The van der Waals surface area contributed by atoms with E-state index in [1.54, 1.807) is 19.9 Å². The number of benzene rings is 3. The van der Waals surface area contributed by atoms with Crippen LogP contribution < -0.4 is 0 Å². The Labute approximate surface area is 237 Å². The molecule has 6 rings (SSSR count). The van der Waals surface area contributed by atoms with Crippen LogP contribution in [0.3, 0.4) is 0 Å². The molecule has 0 atom stereocenters. The average Bonchev–Trinajstić information content (AvgIpc) is 3.52. The molecular formula is C34H27N5O2. The first kappa shape index (κ1) is 25.8. The van der Waals surface area contributed by atoms with Gasteiger partial charge in [-0.3, -0.25) is 19.1 Å². The van der Waals surface area contributed by atoms with Crippen LogP contribution >= 0.6 is 0 Å². The Balaban J connectivity index is 1.52. The molecule has 0 fully saturated rings. The summed E-state index contributed by atoms with van der Waals surface area (Å²) in [6.45, 7) is 3.56. The van der Waals surface area contributed by atoms with E-state index in [1.165, 1.54) is 0 Å². The molecule has 2 amide bonds. The van der Waals surface area contributed by atoms with Gasteiger partial charge in [-0.05, 0) is 54.8 Å². The van der Waals surface area contributed by atoms with Gasteiger partial charge < -0.3 is 4.57 Å². The van der Waals surface area contributed by atoms with Crippen LogP contribution in [0.15, 0.2) is 108 Å². The van der Waals surface area contributed by atoms with Crippen LogP contribution in [0.5, 0.6) is 0 Å². The molecule has 3 heterocycles. The molecule has 1 aliphatic heterocycles. The number of hydrogen-bond donors (Lipinski definition) is 0. The van der Waals surface area contributed by atoms with Gasteiger partial charge in [-0.1, -0.05) is 72.8 Å². The number of fused-ring (bicyclic) bond motifs is 1. The van der Waals surface area contributed by atoms with E-state index in [0.29, 0.717) is 11.1 Å². The number of imidazole rings is 1. The molecule has 0 aliphatic carbocycles. The minimum atomic E-state index is -0.553. The molecule has 2 aromatic heterocycles. The summed E-state index contributed by atoms with van der Waals surface area (Å²) in [5.74, 6) is -0.147. The Hall–Kier alpha value is -5.48. The van der Waals surface area contributed by atoms with E-state index in [1.807, 2.05) is 76.8 Å². The first-order valence-electron chi connectivity index (χ1n) is 13.4. The number of aryl methyl sites for hydroxylation is 1. The first-order chi connectivity index (χ1) is 19.9. The van der Waals surface area contributed by atoms with Gasteiger partial charge in [0.2, 0.25) is 0 Å². The number of carbonyl (C=O) groups is 2. The molecule has 0 N–H and O–H groups in total. The van der Waals surface area contributed by atoms with Gasteiger partial charge in [0, 0.05) is 30.4 Å². The average molecular weight is 538 g/mol. The fraction of sp³-hybridized carbons (Fsp3) is 0.118. The van der Waals surface area contributed by atoms with E-state index >= 15 is 0 Å². The summed E-state index contributed by atoms with van der Waals surface area (Å²) < 4.78 is 4.05. The van der Waals surface area contributed by atoms with E-state index in [0.717, 1.165) is 50.0 Å². The van der Waals surface area contributed by atoms with Crippen LogP contribution in [-0.2, 0) is 16.6 Å². The molecule has 0 radical (unpaired) electrons. The predicted molar refractivity (Wildman–Crippen MR) is 160 cm³/mol. The zero-order chi connectivity index (χ0) is 28.7. The maximum atomic E-state index is 13.3. The third-order valence-electron chi connectivity index (χ3n) is 7.57. The van der Waals surface area contributed by atoms with Gasteiger partial charge in [-0.25, -0.2) is 4.98 Å². The van der Waals surface area contributed by atoms with Crippen molar-refractivity contribution in [3.63, 3.8) is 0 Å². The summed E-state index contributed by atoms with van der Waals surface area (Å²) in [5.41, 5.74) is 7.18. The Bertz CT molecular complexity index is 1920. The standard InChI is InChI=1S/C34H27N5O2/c1-4-38-33(40)28(22(2)29(21-35)34(38)41)19-27-20-30-32(39(27)26-13-9-6-10-14-26)36-31(37(30)3)25-17-15-24(16-18-25)23-11-7-5-8-12-23/h5-20H,4H2,1-3H3/b28-19-. The molecule has 0 spiro atoms. The molecule has 1 aliphatic rings. The van der Waals surface area contributed by atoms with Gasteiger partial charge >= 0.3 is 0 Å². The number of hydrogen-bond acceptors (Lipinski definition) is 4. The highest BCUT2D eigenvalue weighted by Gasteiger charge is 2.34. The van der Waals surface area contributed by atoms with Crippen molar-refractivity contribution in [2.45, 2.75) is 13.8 Å². The molecule has 0 unspecified atom stereocenters. The van der Waals surface area contributed by atoms with Crippen LogP contribution in [-0.4, -0.2) is 37.4 Å². The van der Waals surface area contributed by atoms with Crippen LogP contribution in [0, 0.1) is 11.3 Å². The monoisotopic (exact) mass is 537 g/mol. The van der Waals surface area contributed by atoms with E-state index in [2.05, 4.69) is 36.4 Å². The summed E-state index contributed by atoms with van der Waals surface area (Å²) in [4.78, 5) is 32.2. The highest BCUT2D eigenvalue weighted by Crippen LogP contribution is 2.33. The summed E-state index contributed by atoms with van der Waals surface area (Å²) in [6.07, 6.45) is 1.76. The fourth-order valence-electron chi connectivity index (χ4n) is 5.37. The second-order valence-electron chi connectivity index (χ2n) is 9.91. The lowest BCUT2D eigenvalue weighted by molar-refractivity contribution is -0.140. The molecule has 5 aromatic rings. The van der Waals surface area contributed by atoms with Crippen molar-refractivity contribution >= 4 is 29.1 Å². The third-order valence-corrected chi connectivity index (χ3v) is 7.57. The molecule has 41 heavy (non-hydrogen) atoms. The van der Waals surface area contributed by atoms with Crippen LogP contribution in [0.1, 0.15) is 19.5 Å². The Morgan fingerprint density at radius 1 is 0.854 bits per heavy atom. The number of nitrogens with zero attached hydrogens (tertiary/aromatic N) is 5. The number of rotatable bonds is 5. The molecule has 200 valence electrons. The number of likely N-dealkylation sites (N-methyl/N-ethyl adjacent to an activating group) is 1. The zero-order valence-corrected chi connectivity index (χ0v) is 23.0. The molecule has 0 saturated carbocycles. The van der Waals surface area contributed by atoms with Crippen LogP contribution in [0.4, 0.5) is 0 Å². The number of imide groups is 1. The predicted octanol–water partition coefficient (Wildman–Crippen LogP) is 6.31. The topological polar surface area (TPSA) is 83.9 Å². The van der Waals surface area contributed by atoms with Gasteiger partial charge in [0.15, 0.2) is 5.65 Å². The summed E-state index contributed by atoms with van der Waals surface area (Å²) in [5, 5.41) is 9.67.